The summed E-state index contributed by atoms with van der Waals surface area (Å²) in [4.78, 5) is 16.6. The second-order valence-electron chi connectivity index (χ2n) is 4.17. The van der Waals surface area contributed by atoms with E-state index in [2.05, 4.69) is 31.2 Å². The van der Waals surface area contributed by atoms with Crippen molar-refractivity contribution in [1.29, 1.82) is 0 Å². The van der Waals surface area contributed by atoms with E-state index in [1.165, 1.54) is 0 Å². The number of hydrogen-bond donors (Lipinski definition) is 1. The molecule has 0 radical (unpaired) electrons. The molecule has 21 heavy (non-hydrogen) atoms. The molecule has 0 aliphatic carbocycles. The molecular weight excluding hydrogens is 356 g/mol. The molecule has 3 rings (SSSR count). The van der Waals surface area contributed by atoms with E-state index in [1.54, 1.807) is 40.4 Å². The zero-order valence-corrected chi connectivity index (χ0v) is 13.0. The molecule has 0 aliphatic heterocycles. The second-order valence-corrected chi connectivity index (χ2v) is 6.72. The summed E-state index contributed by atoms with van der Waals surface area (Å²) >= 11 is 4.97. The number of pyridine rings is 1. The minimum absolute atomic E-state index is 0.0932. The standard InChI is InChI=1S/C13H9BrN4O2S/c14-10-5-4-8(21-10)7-18-12(9-3-1-2-6-15-9)11(13(19)20)16-17-18/h1-6H,7H2,(H,19,20). The van der Waals surface area contributed by atoms with E-state index in [1.807, 2.05) is 12.1 Å². The van der Waals surface area contributed by atoms with E-state index in [0.717, 1.165) is 8.66 Å². The average Bonchev–Trinajstić information content (AvgIpc) is 3.07. The van der Waals surface area contributed by atoms with Crippen molar-refractivity contribution >= 4 is 33.2 Å². The molecule has 0 bridgehead atoms. The minimum atomic E-state index is -1.12. The Labute approximate surface area is 132 Å². The third-order valence-electron chi connectivity index (χ3n) is 2.78. The SMILES string of the molecule is O=C(O)c1nnn(Cc2ccc(Br)s2)c1-c1ccccn1. The van der Waals surface area contributed by atoms with Crippen LogP contribution in [0.2, 0.25) is 0 Å². The normalized spacial score (nSPS) is 10.7. The van der Waals surface area contributed by atoms with Gasteiger partial charge in [0.1, 0.15) is 5.69 Å². The maximum Gasteiger partial charge on any atom is 0.358 e. The van der Waals surface area contributed by atoms with Crippen molar-refractivity contribution < 1.29 is 9.90 Å². The van der Waals surface area contributed by atoms with E-state index < -0.39 is 5.97 Å². The third kappa shape index (κ3) is 2.86. The van der Waals surface area contributed by atoms with Crippen molar-refractivity contribution in [3.8, 4) is 11.4 Å². The number of halogens is 1. The van der Waals surface area contributed by atoms with Crippen LogP contribution in [-0.4, -0.2) is 31.1 Å². The third-order valence-corrected chi connectivity index (χ3v) is 4.39. The Balaban J connectivity index is 2.07. The molecule has 6 nitrogen and oxygen atoms in total. The van der Waals surface area contributed by atoms with Gasteiger partial charge in [-0.25, -0.2) is 9.48 Å². The van der Waals surface area contributed by atoms with E-state index in [9.17, 15) is 9.90 Å². The van der Waals surface area contributed by atoms with Crippen molar-refractivity contribution in [3.63, 3.8) is 0 Å². The van der Waals surface area contributed by atoms with Gasteiger partial charge in [-0.15, -0.1) is 16.4 Å². The molecule has 0 spiro atoms. The summed E-state index contributed by atoms with van der Waals surface area (Å²) in [7, 11) is 0. The van der Waals surface area contributed by atoms with Gasteiger partial charge < -0.3 is 5.11 Å². The Morgan fingerprint density at radius 3 is 2.81 bits per heavy atom. The van der Waals surface area contributed by atoms with Gasteiger partial charge in [-0.1, -0.05) is 11.3 Å². The van der Waals surface area contributed by atoms with Gasteiger partial charge in [-0.3, -0.25) is 4.98 Å². The highest BCUT2D eigenvalue weighted by atomic mass is 79.9. The predicted octanol–water partition coefficient (Wildman–Crippen LogP) is 2.91. The highest BCUT2D eigenvalue weighted by molar-refractivity contribution is 9.11. The molecule has 0 atom stereocenters. The number of carboxylic acid groups (broad SMARTS) is 1. The first kappa shape index (κ1) is 13.9. The lowest BCUT2D eigenvalue weighted by molar-refractivity contribution is 0.0691. The fourth-order valence-corrected chi connectivity index (χ4v) is 3.37. The zero-order valence-electron chi connectivity index (χ0n) is 10.6. The maximum atomic E-state index is 11.3. The van der Waals surface area contributed by atoms with Gasteiger partial charge in [0.15, 0.2) is 5.69 Å². The number of carboxylic acids is 1. The molecule has 8 heteroatoms. The summed E-state index contributed by atoms with van der Waals surface area (Å²) in [6.07, 6.45) is 1.61. The van der Waals surface area contributed by atoms with E-state index >= 15 is 0 Å². The van der Waals surface area contributed by atoms with Crippen LogP contribution in [0.25, 0.3) is 11.4 Å². The molecule has 0 saturated heterocycles. The summed E-state index contributed by atoms with van der Waals surface area (Å²) in [5, 5.41) is 17.0. The summed E-state index contributed by atoms with van der Waals surface area (Å²) in [5.74, 6) is -1.12. The Morgan fingerprint density at radius 1 is 1.33 bits per heavy atom. The molecule has 0 fully saturated rings. The zero-order chi connectivity index (χ0) is 14.8. The second kappa shape index (κ2) is 5.74. The number of thiophene rings is 1. The molecule has 3 aromatic rings. The molecule has 0 aliphatic rings. The van der Waals surface area contributed by atoms with Crippen LogP contribution in [0.4, 0.5) is 0 Å². The van der Waals surface area contributed by atoms with Crippen molar-refractivity contribution in [2.24, 2.45) is 0 Å². The lowest BCUT2D eigenvalue weighted by Gasteiger charge is -2.05. The first-order valence-corrected chi connectivity index (χ1v) is 7.58. The largest absolute Gasteiger partial charge is 0.476 e. The first-order valence-electron chi connectivity index (χ1n) is 5.97. The van der Waals surface area contributed by atoms with Gasteiger partial charge >= 0.3 is 5.97 Å². The van der Waals surface area contributed by atoms with Gasteiger partial charge in [-0.2, -0.15) is 0 Å². The van der Waals surface area contributed by atoms with Crippen molar-refractivity contribution in [1.82, 2.24) is 20.0 Å². The Bertz CT molecular complexity index is 785. The molecular formula is C13H9BrN4O2S. The molecule has 106 valence electrons. The summed E-state index contributed by atoms with van der Waals surface area (Å²) < 4.78 is 2.57. The van der Waals surface area contributed by atoms with Crippen LogP contribution in [0.1, 0.15) is 15.4 Å². The van der Waals surface area contributed by atoms with E-state index in [4.69, 9.17) is 0 Å². The Kier molecular flexibility index (Phi) is 3.80. The van der Waals surface area contributed by atoms with Crippen LogP contribution in [0.3, 0.4) is 0 Å². The van der Waals surface area contributed by atoms with Crippen molar-refractivity contribution in [2.45, 2.75) is 6.54 Å². The van der Waals surface area contributed by atoms with Crippen molar-refractivity contribution in [2.75, 3.05) is 0 Å². The number of rotatable bonds is 4. The molecule has 0 unspecified atom stereocenters. The Morgan fingerprint density at radius 2 is 2.19 bits per heavy atom. The summed E-state index contributed by atoms with van der Waals surface area (Å²) in [5.41, 5.74) is 0.854. The fourth-order valence-electron chi connectivity index (χ4n) is 1.91. The van der Waals surface area contributed by atoms with Gasteiger partial charge in [0, 0.05) is 11.1 Å². The number of hydrogen-bond acceptors (Lipinski definition) is 5. The van der Waals surface area contributed by atoms with Gasteiger partial charge in [0.05, 0.1) is 16.0 Å². The van der Waals surface area contributed by atoms with E-state index in [0.29, 0.717) is 17.9 Å². The van der Waals surface area contributed by atoms with Crippen LogP contribution in [0.15, 0.2) is 40.3 Å². The molecule has 3 aromatic heterocycles. The van der Waals surface area contributed by atoms with Crippen LogP contribution in [0, 0.1) is 0 Å². The number of aromatic nitrogens is 4. The smallest absolute Gasteiger partial charge is 0.358 e. The van der Waals surface area contributed by atoms with Crippen molar-refractivity contribution in [3.05, 3.63) is 50.9 Å². The molecule has 1 N–H and O–H groups in total. The minimum Gasteiger partial charge on any atom is -0.476 e. The van der Waals surface area contributed by atoms with Crippen LogP contribution < -0.4 is 0 Å². The molecule has 0 saturated carbocycles. The lowest BCUT2D eigenvalue weighted by Crippen LogP contribution is -2.06. The van der Waals surface area contributed by atoms with Gasteiger partial charge in [0.25, 0.3) is 0 Å². The summed E-state index contributed by atoms with van der Waals surface area (Å²) in [6, 6.07) is 9.21. The van der Waals surface area contributed by atoms with Crippen LogP contribution in [-0.2, 0) is 6.54 Å². The molecule has 0 amide bonds. The number of nitrogens with zero attached hydrogens (tertiary/aromatic N) is 4. The highest BCUT2D eigenvalue weighted by Gasteiger charge is 2.21. The predicted molar refractivity (Wildman–Crippen MR) is 81.3 cm³/mol. The Hall–Kier alpha value is -2.06. The quantitative estimate of drug-likeness (QED) is 0.769. The number of carbonyl (C=O) groups is 1. The topological polar surface area (TPSA) is 80.9 Å². The molecule has 3 heterocycles. The van der Waals surface area contributed by atoms with Crippen LogP contribution in [0.5, 0.6) is 0 Å². The number of aromatic carboxylic acids is 1. The monoisotopic (exact) mass is 364 g/mol. The lowest BCUT2D eigenvalue weighted by atomic mass is 10.2. The van der Waals surface area contributed by atoms with E-state index in [-0.39, 0.29) is 5.69 Å². The van der Waals surface area contributed by atoms with Gasteiger partial charge in [-0.05, 0) is 40.2 Å². The average molecular weight is 365 g/mol. The first-order chi connectivity index (χ1) is 10.1. The summed E-state index contributed by atoms with van der Waals surface area (Å²) in [6.45, 7) is 0.447. The fraction of sp³-hybridized carbons (Fsp3) is 0.0769. The maximum absolute atomic E-state index is 11.3. The molecule has 0 aromatic carbocycles. The van der Waals surface area contributed by atoms with Crippen LogP contribution >= 0.6 is 27.3 Å². The highest BCUT2D eigenvalue weighted by Crippen LogP contribution is 2.25. The van der Waals surface area contributed by atoms with Gasteiger partial charge in [0.2, 0.25) is 0 Å².